The SMILES string of the molecule is Cc1ccc(N=Nc2ccc(NC(=O)[C@H]3[C@H](C(=O)O)[C@H]4C=C[C@H]3C4)cc2)cc1. The molecule has 0 unspecified atom stereocenters. The van der Waals surface area contributed by atoms with Gasteiger partial charge in [-0.25, -0.2) is 0 Å². The molecule has 142 valence electrons. The lowest BCUT2D eigenvalue weighted by atomic mass is 9.82. The molecule has 4 atom stereocenters. The van der Waals surface area contributed by atoms with Gasteiger partial charge in [0.2, 0.25) is 5.91 Å². The van der Waals surface area contributed by atoms with Crippen LogP contribution in [-0.2, 0) is 9.59 Å². The van der Waals surface area contributed by atoms with Crippen LogP contribution in [0.3, 0.4) is 0 Å². The van der Waals surface area contributed by atoms with Crippen molar-refractivity contribution in [2.75, 3.05) is 5.32 Å². The summed E-state index contributed by atoms with van der Waals surface area (Å²) < 4.78 is 0. The third-order valence-electron chi connectivity index (χ3n) is 5.50. The topological polar surface area (TPSA) is 91.1 Å². The summed E-state index contributed by atoms with van der Waals surface area (Å²) in [5, 5.41) is 20.7. The number of rotatable bonds is 5. The number of carboxylic acids is 1. The maximum absolute atomic E-state index is 12.7. The second-order valence-electron chi connectivity index (χ2n) is 7.41. The molecule has 2 bridgehead atoms. The number of amides is 1. The molecule has 2 aromatic carbocycles. The summed E-state index contributed by atoms with van der Waals surface area (Å²) in [5.74, 6) is -2.33. The van der Waals surface area contributed by atoms with Crippen molar-refractivity contribution in [1.29, 1.82) is 0 Å². The number of nitrogens with one attached hydrogen (secondary N) is 1. The molecule has 1 amide bonds. The third kappa shape index (κ3) is 3.58. The molecule has 1 fully saturated rings. The van der Waals surface area contributed by atoms with Crippen LogP contribution < -0.4 is 5.32 Å². The molecule has 4 rings (SSSR count). The van der Waals surface area contributed by atoms with Gasteiger partial charge in [0.1, 0.15) is 0 Å². The number of carboxylic acid groups (broad SMARTS) is 1. The van der Waals surface area contributed by atoms with E-state index in [1.165, 1.54) is 0 Å². The third-order valence-corrected chi connectivity index (χ3v) is 5.50. The second-order valence-corrected chi connectivity index (χ2v) is 7.41. The van der Waals surface area contributed by atoms with Gasteiger partial charge in [0.25, 0.3) is 0 Å². The van der Waals surface area contributed by atoms with E-state index in [0.717, 1.165) is 17.7 Å². The highest BCUT2D eigenvalue weighted by atomic mass is 16.4. The molecule has 2 aromatic rings. The predicted octanol–water partition coefficient (Wildman–Crippen LogP) is 4.87. The first-order valence-electron chi connectivity index (χ1n) is 9.32. The van der Waals surface area contributed by atoms with Gasteiger partial charge in [0.15, 0.2) is 0 Å². The smallest absolute Gasteiger partial charge is 0.307 e. The molecule has 1 saturated carbocycles. The zero-order valence-corrected chi connectivity index (χ0v) is 15.4. The monoisotopic (exact) mass is 375 g/mol. The van der Waals surface area contributed by atoms with E-state index in [0.29, 0.717) is 11.4 Å². The first kappa shape index (κ1) is 18.1. The van der Waals surface area contributed by atoms with Crippen molar-refractivity contribution in [3.8, 4) is 0 Å². The van der Waals surface area contributed by atoms with Crippen molar-refractivity contribution in [2.24, 2.45) is 33.9 Å². The van der Waals surface area contributed by atoms with Gasteiger partial charge in [0.05, 0.1) is 23.2 Å². The van der Waals surface area contributed by atoms with E-state index < -0.39 is 17.8 Å². The number of anilines is 1. The van der Waals surface area contributed by atoms with Crippen molar-refractivity contribution in [3.05, 3.63) is 66.2 Å². The van der Waals surface area contributed by atoms with Crippen molar-refractivity contribution >= 4 is 28.9 Å². The summed E-state index contributed by atoms with van der Waals surface area (Å²) in [4.78, 5) is 24.3. The predicted molar refractivity (Wildman–Crippen MR) is 106 cm³/mol. The summed E-state index contributed by atoms with van der Waals surface area (Å²) >= 11 is 0. The Kier molecular flexibility index (Phi) is 4.77. The number of aliphatic carboxylic acids is 1. The summed E-state index contributed by atoms with van der Waals surface area (Å²) in [6.07, 6.45) is 4.65. The fourth-order valence-corrected chi connectivity index (χ4v) is 4.08. The second kappa shape index (κ2) is 7.38. The maximum atomic E-state index is 12.7. The van der Waals surface area contributed by atoms with Gasteiger partial charge in [-0.2, -0.15) is 10.2 Å². The highest BCUT2D eigenvalue weighted by Gasteiger charge is 2.51. The lowest BCUT2D eigenvalue weighted by Gasteiger charge is -2.23. The van der Waals surface area contributed by atoms with Gasteiger partial charge in [-0.3, -0.25) is 9.59 Å². The number of carbonyl (C=O) groups is 2. The minimum Gasteiger partial charge on any atom is -0.481 e. The van der Waals surface area contributed by atoms with Crippen molar-refractivity contribution < 1.29 is 14.7 Å². The minimum atomic E-state index is -0.899. The van der Waals surface area contributed by atoms with Crippen LogP contribution in [0.4, 0.5) is 17.1 Å². The van der Waals surface area contributed by atoms with E-state index in [9.17, 15) is 14.7 Å². The Balaban J connectivity index is 1.42. The van der Waals surface area contributed by atoms with Crippen LogP contribution in [0.25, 0.3) is 0 Å². The van der Waals surface area contributed by atoms with Crippen LogP contribution in [-0.4, -0.2) is 17.0 Å². The first-order chi connectivity index (χ1) is 13.5. The normalized spacial score (nSPS) is 25.3. The Hall–Kier alpha value is -3.28. The molecule has 28 heavy (non-hydrogen) atoms. The standard InChI is InChI=1S/C22H21N3O3/c1-13-2-6-17(7-3-13)24-25-18-10-8-16(9-11-18)23-21(26)19-14-4-5-15(12-14)20(19)22(27)28/h2-11,14-15,19-20H,12H2,1H3,(H,23,26)(H,27,28)/t14-,15-,19+,20+/m0/s1. The van der Waals surface area contributed by atoms with Crippen LogP contribution in [0.5, 0.6) is 0 Å². The molecule has 0 spiro atoms. The fourth-order valence-electron chi connectivity index (χ4n) is 4.08. The van der Waals surface area contributed by atoms with Crippen molar-refractivity contribution in [1.82, 2.24) is 0 Å². The van der Waals surface area contributed by atoms with E-state index in [1.54, 1.807) is 24.3 Å². The summed E-state index contributed by atoms with van der Waals surface area (Å²) in [5.41, 5.74) is 3.22. The fraction of sp³-hybridized carbons (Fsp3) is 0.273. The Morgan fingerprint density at radius 3 is 2.00 bits per heavy atom. The van der Waals surface area contributed by atoms with E-state index in [-0.39, 0.29) is 17.7 Å². The molecular weight excluding hydrogens is 354 g/mol. The highest BCUT2D eigenvalue weighted by molar-refractivity contribution is 5.96. The van der Waals surface area contributed by atoms with Gasteiger partial charge < -0.3 is 10.4 Å². The zero-order valence-electron chi connectivity index (χ0n) is 15.4. The molecule has 0 heterocycles. The van der Waals surface area contributed by atoms with E-state index in [2.05, 4.69) is 15.5 Å². The number of allylic oxidation sites excluding steroid dienone is 2. The van der Waals surface area contributed by atoms with Gasteiger partial charge in [0, 0.05) is 5.69 Å². The zero-order chi connectivity index (χ0) is 19.7. The molecule has 0 aliphatic heterocycles. The lowest BCUT2D eigenvalue weighted by Crippen LogP contribution is -2.36. The van der Waals surface area contributed by atoms with Crippen LogP contribution in [0.15, 0.2) is 70.9 Å². The Morgan fingerprint density at radius 2 is 1.43 bits per heavy atom. The number of azo groups is 1. The summed E-state index contributed by atoms with van der Waals surface area (Å²) in [7, 11) is 0. The van der Waals surface area contributed by atoms with Crippen molar-refractivity contribution in [2.45, 2.75) is 13.3 Å². The average Bonchev–Trinajstić information content (AvgIpc) is 3.30. The largest absolute Gasteiger partial charge is 0.481 e. The molecule has 2 aliphatic carbocycles. The number of benzene rings is 2. The molecule has 0 saturated heterocycles. The number of carbonyl (C=O) groups excluding carboxylic acids is 1. The van der Waals surface area contributed by atoms with Gasteiger partial charge in [-0.1, -0.05) is 29.8 Å². The summed E-state index contributed by atoms with van der Waals surface area (Å²) in [6.45, 7) is 2.01. The van der Waals surface area contributed by atoms with E-state index >= 15 is 0 Å². The Bertz CT molecular complexity index is 948. The van der Waals surface area contributed by atoms with Gasteiger partial charge in [-0.15, -0.1) is 0 Å². The average molecular weight is 375 g/mol. The highest BCUT2D eigenvalue weighted by Crippen LogP contribution is 2.48. The number of aryl methyl sites for hydroxylation is 1. The lowest BCUT2D eigenvalue weighted by molar-refractivity contribution is -0.146. The minimum absolute atomic E-state index is 0.00804. The van der Waals surface area contributed by atoms with Gasteiger partial charge in [-0.05, 0) is 61.6 Å². The van der Waals surface area contributed by atoms with E-state index in [1.807, 2.05) is 43.3 Å². The molecular formula is C22H21N3O3. The number of nitrogens with zero attached hydrogens (tertiary/aromatic N) is 2. The Labute approximate surface area is 163 Å². The quantitative estimate of drug-likeness (QED) is 0.577. The van der Waals surface area contributed by atoms with Gasteiger partial charge >= 0.3 is 5.97 Å². The first-order valence-corrected chi connectivity index (χ1v) is 9.32. The van der Waals surface area contributed by atoms with Crippen LogP contribution in [0, 0.1) is 30.6 Å². The molecule has 0 aromatic heterocycles. The van der Waals surface area contributed by atoms with Crippen LogP contribution in [0.2, 0.25) is 0 Å². The van der Waals surface area contributed by atoms with E-state index in [4.69, 9.17) is 0 Å². The summed E-state index contributed by atoms with van der Waals surface area (Å²) in [6, 6.07) is 14.8. The molecule has 2 N–H and O–H groups in total. The molecule has 6 heteroatoms. The molecule has 0 radical (unpaired) electrons. The van der Waals surface area contributed by atoms with Crippen LogP contribution >= 0.6 is 0 Å². The molecule has 6 nitrogen and oxygen atoms in total. The maximum Gasteiger partial charge on any atom is 0.307 e. The van der Waals surface area contributed by atoms with Crippen molar-refractivity contribution in [3.63, 3.8) is 0 Å². The number of fused-ring (bicyclic) bond motifs is 2. The molecule has 2 aliphatic rings. The number of hydrogen-bond donors (Lipinski definition) is 2. The number of hydrogen-bond acceptors (Lipinski definition) is 4. The van der Waals surface area contributed by atoms with Crippen LogP contribution in [0.1, 0.15) is 12.0 Å². The Morgan fingerprint density at radius 1 is 0.893 bits per heavy atom.